The zero-order valence-corrected chi connectivity index (χ0v) is 11.5. The molecule has 1 atom stereocenters. The van der Waals surface area contributed by atoms with Crippen LogP contribution in [-0.4, -0.2) is 32.6 Å². The number of benzene rings is 1. The minimum Gasteiger partial charge on any atom is -0.497 e. The molecule has 0 fully saturated rings. The molecule has 0 aliphatic heterocycles. The monoisotopic (exact) mass is 256 g/mol. The van der Waals surface area contributed by atoms with Crippen LogP contribution in [0.1, 0.15) is 24.4 Å². The van der Waals surface area contributed by atoms with Gasteiger partial charge in [0.2, 0.25) is 0 Å². The Balaban J connectivity index is 2.93. The normalized spacial score (nSPS) is 12.8. The fraction of sp³-hybridized carbons (Fsp3) is 0.538. The first kappa shape index (κ1) is 14.3. The molecule has 0 heterocycles. The Kier molecular flexibility index (Phi) is 5.75. The summed E-state index contributed by atoms with van der Waals surface area (Å²) in [5, 5.41) is 0.750. The number of halogens is 1. The van der Waals surface area contributed by atoms with E-state index in [0.717, 1.165) is 29.2 Å². The van der Waals surface area contributed by atoms with Gasteiger partial charge in [0.25, 0.3) is 0 Å². The Morgan fingerprint density at radius 2 is 2.12 bits per heavy atom. The van der Waals surface area contributed by atoms with Crippen LogP contribution in [0.5, 0.6) is 5.75 Å². The van der Waals surface area contributed by atoms with Crippen molar-refractivity contribution in [2.24, 2.45) is 5.73 Å². The van der Waals surface area contributed by atoms with Gasteiger partial charge in [-0.3, -0.25) is 0 Å². The molecule has 96 valence electrons. The van der Waals surface area contributed by atoms with Crippen LogP contribution in [0.4, 0.5) is 0 Å². The quantitative estimate of drug-likeness (QED) is 0.851. The summed E-state index contributed by atoms with van der Waals surface area (Å²) in [7, 11) is 5.76. The van der Waals surface area contributed by atoms with Gasteiger partial charge in [-0.1, -0.05) is 17.7 Å². The molecule has 1 unspecified atom stereocenters. The first-order chi connectivity index (χ1) is 8.10. The van der Waals surface area contributed by atoms with E-state index in [-0.39, 0.29) is 0 Å². The molecule has 2 N–H and O–H groups in total. The van der Waals surface area contributed by atoms with Crippen LogP contribution < -0.4 is 10.5 Å². The molecule has 0 amide bonds. The van der Waals surface area contributed by atoms with Gasteiger partial charge in [-0.2, -0.15) is 0 Å². The summed E-state index contributed by atoms with van der Waals surface area (Å²) in [6.07, 6.45) is 2.00. The molecule has 1 rings (SSSR count). The standard InChI is InChI=1S/C13H21ClN2O/c1-16(2)13(5-4-8-15)11-7-6-10(17-3)9-12(11)14/h6-7,9,13H,4-5,8,15H2,1-3H3. The summed E-state index contributed by atoms with van der Waals surface area (Å²) < 4.78 is 5.15. The molecular formula is C13H21ClN2O. The fourth-order valence-corrected chi connectivity index (χ4v) is 2.20. The largest absolute Gasteiger partial charge is 0.497 e. The smallest absolute Gasteiger partial charge is 0.120 e. The number of rotatable bonds is 6. The molecule has 0 spiro atoms. The predicted molar refractivity (Wildman–Crippen MR) is 72.7 cm³/mol. The Bertz CT molecular complexity index is 355. The molecule has 17 heavy (non-hydrogen) atoms. The van der Waals surface area contributed by atoms with Crippen molar-refractivity contribution in [1.82, 2.24) is 4.90 Å². The van der Waals surface area contributed by atoms with Gasteiger partial charge in [0.15, 0.2) is 0 Å². The van der Waals surface area contributed by atoms with Crippen LogP contribution in [0.15, 0.2) is 18.2 Å². The molecule has 1 aromatic carbocycles. The van der Waals surface area contributed by atoms with E-state index >= 15 is 0 Å². The summed E-state index contributed by atoms with van der Waals surface area (Å²) in [4.78, 5) is 2.17. The lowest BCUT2D eigenvalue weighted by Crippen LogP contribution is -2.21. The van der Waals surface area contributed by atoms with Gasteiger partial charge in [-0.15, -0.1) is 0 Å². The zero-order valence-electron chi connectivity index (χ0n) is 10.7. The zero-order chi connectivity index (χ0) is 12.8. The van der Waals surface area contributed by atoms with E-state index in [1.807, 2.05) is 18.2 Å². The molecule has 0 bridgehead atoms. The first-order valence-electron chi connectivity index (χ1n) is 5.80. The molecule has 0 saturated carbocycles. The van der Waals surface area contributed by atoms with Crippen molar-refractivity contribution in [3.05, 3.63) is 28.8 Å². The number of methoxy groups -OCH3 is 1. The number of hydrogen-bond acceptors (Lipinski definition) is 3. The van der Waals surface area contributed by atoms with Gasteiger partial charge >= 0.3 is 0 Å². The number of nitrogens with two attached hydrogens (primary N) is 1. The second-order valence-electron chi connectivity index (χ2n) is 4.30. The van der Waals surface area contributed by atoms with Crippen LogP contribution in [0.3, 0.4) is 0 Å². The van der Waals surface area contributed by atoms with Gasteiger partial charge in [0.05, 0.1) is 7.11 Å². The highest BCUT2D eigenvalue weighted by atomic mass is 35.5. The molecule has 0 aliphatic carbocycles. The maximum atomic E-state index is 6.29. The predicted octanol–water partition coefficient (Wildman–Crippen LogP) is 2.69. The van der Waals surface area contributed by atoms with Crippen molar-refractivity contribution < 1.29 is 4.74 Å². The average molecular weight is 257 g/mol. The molecule has 0 aromatic heterocycles. The van der Waals surface area contributed by atoms with E-state index in [0.29, 0.717) is 12.6 Å². The van der Waals surface area contributed by atoms with E-state index < -0.39 is 0 Å². The number of ether oxygens (including phenoxy) is 1. The van der Waals surface area contributed by atoms with Gasteiger partial charge in [0, 0.05) is 11.1 Å². The van der Waals surface area contributed by atoms with Crippen molar-refractivity contribution in [3.8, 4) is 5.75 Å². The van der Waals surface area contributed by atoms with Crippen LogP contribution in [-0.2, 0) is 0 Å². The van der Waals surface area contributed by atoms with Gasteiger partial charge in [-0.25, -0.2) is 0 Å². The Labute approximate surface area is 109 Å². The van der Waals surface area contributed by atoms with Crippen LogP contribution in [0.25, 0.3) is 0 Å². The van der Waals surface area contributed by atoms with Crippen LogP contribution in [0.2, 0.25) is 5.02 Å². The third kappa shape index (κ3) is 3.87. The summed E-state index contributed by atoms with van der Waals surface area (Å²) >= 11 is 6.29. The lowest BCUT2D eigenvalue weighted by Gasteiger charge is -2.25. The van der Waals surface area contributed by atoms with Crippen molar-refractivity contribution >= 4 is 11.6 Å². The minimum absolute atomic E-state index is 0.303. The van der Waals surface area contributed by atoms with Gasteiger partial charge in [-0.05, 0) is 51.2 Å². The fourth-order valence-electron chi connectivity index (χ4n) is 1.91. The van der Waals surface area contributed by atoms with Crippen molar-refractivity contribution in [3.63, 3.8) is 0 Å². The summed E-state index contributed by atoms with van der Waals surface area (Å²) in [5.74, 6) is 0.787. The maximum Gasteiger partial charge on any atom is 0.120 e. The molecule has 0 aliphatic rings. The minimum atomic E-state index is 0.303. The maximum absolute atomic E-state index is 6.29. The molecular weight excluding hydrogens is 236 g/mol. The van der Waals surface area contributed by atoms with E-state index in [9.17, 15) is 0 Å². The van der Waals surface area contributed by atoms with Crippen molar-refractivity contribution in [2.75, 3.05) is 27.7 Å². The molecule has 3 nitrogen and oxygen atoms in total. The number of hydrogen-bond donors (Lipinski definition) is 1. The third-order valence-corrected chi connectivity index (χ3v) is 3.20. The molecule has 0 radical (unpaired) electrons. The lowest BCUT2D eigenvalue weighted by molar-refractivity contribution is 0.280. The average Bonchev–Trinajstić information content (AvgIpc) is 2.30. The molecule has 0 saturated heterocycles. The summed E-state index contributed by atoms with van der Waals surface area (Å²) in [6, 6.07) is 6.13. The summed E-state index contributed by atoms with van der Waals surface area (Å²) in [6.45, 7) is 0.706. The Morgan fingerprint density at radius 1 is 1.41 bits per heavy atom. The highest BCUT2D eigenvalue weighted by molar-refractivity contribution is 6.31. The third-order valence-electron chi connectivity index (χ3n) is 2.87. The second kappa shape index (κ2) is 6.84. The van der Waals surface area contributed by atoms with Gasteiger partial charge in [0.1, 0.15) is 5.75 Å². The van der Waals surface area contributed by atoms with Crippen LogP contribution >= 0.6 is 11.6 Å². The molecule has 4 heteroatoms. The van der Waals surface area contributed by atoms with Crippen molar-refractivity contribution in [1.29, 1.82) is 0 Å². The van der Waals surface area contributed by atoms with Crippen molar-refractivity contribution in [2.45, 2.75) is 18.9 Å². The topological polar surface area (TPSA) is 38.5 Å². The first-order valence-corrected chi connectivity index (χ1v) is 6.18. The van der Waals surface area contributed by atoms with E-state index in [4.69, 9.17) is 22.1 Å². The highest BCUT2D eigenvalue weighted by Crippen LogP contribution is 2.32. The lowest BCUT2D eigenvalue weighted by atomic mass is 10.0. The second-order valence-corrected chi connectivity index (χ2v) is 4.70. The SMILES string of the molecule is COc1ccc(C(CCCN)N(C)C)c(Cl)c1. The van der Waals surface area contributed by atoms with E-state index in [1.165, 1.54) is 0 Å². The highest BCUT2D eigenvalue weighted by Gasteiger charge is 2.16. The number of nitrogens with zero attached hydrogens (tertiary/aromatic N) is 1. The van der Waals surface area contributed by atoms with Gasteiger partial charge < -0.3 is 15.4 Å². The summed E-state index contributed by atoms with van der Waals surface area (Å²) in [5.41, 5.74) is 6.70. The van der Waals surface area contributed by atoms with Crippen LogP contribution in [0, 0.1) is 0 Å². The molecule has 1 aromatic rings. The Morgan fingerprint density at radius 3 is 2.59 bits per heavy atom. The van der Waals surface area contributed by atoms with E-state index in [2.05, 4.69) is 19.0 Å². The Hall–Kier alpha value is -0.770. The van der Waals surface area contributed by atoms with E-state index in [1.54, 1.807) is 7.11 Å².